The SMILES string of the molecule is CCCCCCCC(NC)c1ccn(C)n1. The summed E-state index contributed by atoms with van der Waals surface area (Å²) >= 11 is 0. The van der Waals surface area contributed by atoms with Gasteiger partial charge in [-0.05, 0) is 19.5 Å². The monoisotopic (exact) mass is 223 g/mol. The number of hydrogen-bond acceptors (Lipinski definition) is 2. The Kier molecular flexibility index (Phi) is 6.16. The standard InChI is InChI=1S/C13H25N3/c1-4-5-6-7-8-9-12(14-2)13-10-11-16(3)15-13/h10-12,14H,4-9H2,1-3H3. The van der Waals surface area contributed by atoms with Crippen molar-refractivity contribution >= 4 is 0 Å². The van der Waals surface area contributed by atoms with E-state index in [1.807, 2.05) is 25.0 Å². The van der Waals surface area contributed by atoms with E-state index in [2.05, 4.69) is 23.4 Å². The highest BCUT2D eigenvalue weighted by molar-refractivity contribution is 5.04. The molecular weight excluding hydrogens is 198 g/mol. The second-order valence-corrected chi connectivity index (χ2v) is 4.46. The van der Waals surface area contributed by atoms with Gasteiger partial charge in [0, 0.05) is 13.2 Å². The molecule has 1 atom stereocenters. The molecule has 3 heteroatoms. The molecule has 0 aliphatic heterocycles. The van der Waals surface area contributed by atoms with Gasteiger partial charge in [-0.1, -0.05) is 39.0 Å². The molecule has 0 aromatic carbocycles. The summed E-state index contributed by atoms with van der Waals surface area (Å²) in [5.41, 5.74) is 1.17. The van der Waals surface area contributed by atoms with Crippen LogP contribution >= 0.6 is 0 Å². The number of nitrogens with zero attached hydrogens (tertiary/aromatic N) is 2. The molecule has 1 N–H and O–H groups in total. The van der Waals surface area contributed by atoms with Crippen LogP contribution in [0.3, 0.4) is 0 Å². The Balaban J connectivity index is 2.27. The Bertz CT molecular complexity index is 280. The first-order chi connectivity index (χ1) is 7.77. The molecular formula is C13H25N3. The molecule has 0 aliphatic carbocycles. The third kappa shape index (κ3) is 4.35. The third-order valence-electron chi connectivity index (χ3n) is 3.04. The van der Waals surface area contributed by atoms with E-state index < -0.39 is 0 Å². The van der Waals surface area contributed by atoms with Crippen molar-refractivity contribution in [3.8, 4) is 0 Å². The van der Waals surface area contributed by atoms with E-state index in [0.29, 0.717) is 6.04 Å². The molecule has 0 amide bonds. The van der Waals surface area contributed by atoms with E-state index in [-0.39, 0.29) is 0 Å². The second-order valence-electron chi connectivity index (χ2n) is 4.46. The van der Waals surface area contributed by atoms with Crippen LogP contribution in [0, 0.1) is 0 Å². The van der Waals surface area contributed by atoms with Crippen molar-refractivity contribution in [2.75, 3.05) is 7.05 Å². The van der Waals surface area contributed by atoms with Gasteiger partial charge in [0.25, 0.3) is 0 Å². The zero-order chi connectivity index (χ0) is 11.8. The molecule has 3 nitrogen and oxygen atoms in total. The lowest BCUT2D eigenvalue weighted by Gasteiger charge is -2.13. The summed E-state index contributed by atoms with van der Waals surface area (Å²) in [5.74, 6) is 0. The average Bonchev–Trinajstić information content (AvgIpc) is 2.70. The third-order valence-corrected chi connectivity index (χ3v) is 3.04. The van der Waals surface area contributed by atoms with Crippen molar-refractivity contribution in [3.63, 3.8) is 0 Å². The summed E-state index contributed by atoms with van der Waals surface area (Å²) in [4.78, 5) is 0. The van der Waals surface area contributed by atoms with Crippen molar-refractivity contribution in [2.24, 2.45) is 7.05 Å². The summed E-state index contributed by atoms with van der Waals surface area (Å²) in [7, 11) is 3.99. The largest absolute Gasteiger partial charge is 0.312 e. The molecule has 0 fully saturated rings. The Morgan fingerprint density at radius 1 is 1.31 bits per heavy atom. The lowest BCUT2D eigenvalue weighted by atomic mass is 10.0. The van der Waals surface area contributed by atoms with Gasteiger partial charge in [-0.3, -0.25) is 4.68 Å². The summed E-state index contributed by atoms with van der Waals surface area (Å²) in [5, 5.41) is 7.80. The van der Waals surface area contributed by atoms with Crippen molar-refractivity contribution < 1.29 is 0 Å². The van der Waals surface area contributed by atoms with E-state index in [9.17, 15) is 0 Å². The molecule has 1 heterocycles. The number of hydrogen-bond donors (Lipinski definition) is 1. The Morgan fingerprint density at radius 3 is 2.62 bits per heavy atom. The molecule has 0 saturated heterocycles. The van der Waals surface area contributed by atoms with Crippen LogP contribution in [0.1, 0.15) is 57.2 Å². The summed E-state index contributed by atoms with van der Waals surface area (Å²) < 4.78 is 1.87. The van der Waals surface area contributed by atoms with E-state index >= 15 is 0 Å². The lowest BCUT2D eigenvalue weighted by Crippen LogP contribution is -2.17. The molecule has 0 bridgehead atoms. The summed E-state index contributed by atoms with van der Waals surface area (Å²) in [6.07, 6.45) is 9.90. The van der Waals surface area contributed by atoms with Gasteiger partial charge < -0.3 is 5.32 Å². The van der Waals surface area contributed by atoms with Crippen LogP contribution in [0.15, 0.2) is 12.3 Å². The van der Waals surface area contributed by atoms with Gasteiger partial charge in [0.2, 0.25) is 0 Å². The molecule has 16 heavy (non-hydrogen) atoms. The van der Waals surface area contributed by atoms with Gasteiger partial charge in [-0.15, -0.1) is 0 Å². The summed E-state index contributed by atoms with van der Waals surface area (Å²) in [6.45, 7) is 2.25. The topological polar surface area (TPSA) is 29.9 Å². The van der Waals surface area contributed by atoms with Crippen molar-refractivity contribution in [2.45, 2.75) is 51.5 Å². The number of nitrogens with one attached hydrogen (secondary N) is 1. The molecule has 0 saturated carbocycles. The zero-order valence-corrected chi connectivity index (χ0v) is 10.9. The van der Waals surface area contributed by atoms with E-state index in [1.54, 1.807) is 0 Å². The van der Waals surface area contributed by atoms with Crippen LogP contribution in [-0.4, -0.2) is 16.8 Å². The molecule has 1 aromatic rings. The first-order valence-corrected chi connectivity index (χ1v) is 6.44. The highest BCUT2D eigenvalue weighted by Crippen LogP contribution is 2.18. The Hall–Kier alpha value is -0.830. The van der Waals surface area contributed by atoms with Gasteiger partial charge in [0.1, 0.15) is 0 Å². The van der Waals surface area contributed by atoms with Gasteiger partial charge in [0.15, 0.2) is 0 Å². The first-order valence-electron chi connectivity index (χ1n) is 6.44. The maximum absolute atomic E-state index is 4.45. The quantitative estimate of drug-likeness (QED) is 0.686. The van der Waals surface area contributed by atoms with E-state index in [4.69, 9.17) is 0 Å². The van der Waals surface area contributed by atoms with Gasteiger partial charge >= 0.3 is 0 Å². The number of unbranched alkanes of at least 4 members (excludes halogenated alkanes) is 4. The molecule has 92 valence electrons. The van der Waals surface area contributed by atoms with Crippen molar-refractivity contribution in [1.29, 1.82) is 0 Å². The minimum absolute atomic E-state index is 0.419. The van der Waals surface area contributed by atoms with Crippen LogP contribution in [0.2, 0.25) is 0 Å². The minimum atomic E-state index is 0.419. The summed E-state index contributed by atoms with van der Waals surface area (Å²) in [6, 6.07) is 2.52. The second kappa shape index (κ2) is 7.44. The zero-order valence-electron chi connectivity index (χ0n) is 10.9. The molecule has 0 spiro atoms. The van der Waals surface area contributed by atoms with Crippen LogP contribution < -0.4 is 5.32 Å². The molecule has 1 unspecified atom stereocenters. The fourth-order valence-electron chi connectivity index (χ4n) is 2.01. The van der Waals surface area contributed by atoms with E-state index in [0.717, 1.165) is 0 Å². The highest BCUT2D eigenvalue weighted by atomic mass is 15.3. The normalized spacial score (nSPS) is 12.9. The van der Waals surface area contributed by atoms with E-state index in [1.165, 1.54) is 44.2 Å². The maximum atomic E-state index is 4.45. The molecule has 1 rings (SSSR count). The highest BCUT2D eigenvalue weighted by Gasteiger charge is 2.10. The molecule has 1 aromatic heterocycles. The van der Waals surface area contributed by atoms with Crippen LogP contribution in [0.25, 0.3) is 0 Å². The molecule has 0 aliphatic rings. The van der Waals surface area contributed by atoms with Gasteiger partial charge in [0.05, 0.1) is 11.7 Å². The first kappa shape index (κ1) is 13.2. The minimum Gasteiger partial charge on any atom is -0.312 e. The predicted octanol–water partition coefficient (Wildman–Crippen LogP) is 3.04. The van der Waals surface area contributed by atoms with Crippen LogP contribution in [0.5, 0.6) is 0 Å². The number of rotatable bonds is 8. The lowest BCUT2D eigenvalue weighted by molar-refractivity contribution is 0.487. The van der Waals surface area contributed by atoms with Crippen molar-refractivity contribution in [1.82, 2.24) is 15.1 Å². The fourth-order valence-corrected chi connectivity index (χ4v) is 2.01. The Morgan fingerprint density at radius 2 is 2.06 bits per heavy atom. The van der Waals surface area contributed by atoms with Crippen LogP contribution in [0.4, 0.5) is 0 Å². The Labute approximate surface area is 99.2 Å². The molecule has 0 radical (unpaired) electrons. The number of aryl methyl sites for hydroxylation is 1. The van der Waals surface area contributed by atoms with Gasteiger partial charge in [-0.2, -0.15) is 5.10 Å². The van der Waals surface area contributed by atoms with Crippen LogP contribution in [-0.2, 0) is 7.05 Å². The average molecular weight is 223 g/mol. The predicted molar refractivity (Wildman–Crippen MR) is 68.4 cm³/mol. The smallest absolute Gasteiger partial charge is 0.0793 e. The maximum Gasteiger partial charge on any atom is 0.0793 e. The van der Waals surface area contributed by atoms with Gasteiger partial charge in [-0.25, -0.2) is 0 Å². The number of aromatic nitrogens is 2. The fraction of sp³-hybridized carbons (Fsp3) is 0.769. The van der Waals surface area contributed by atoms with Crippen molar-refractivity contribution in [3.05, 3.63) is 18.0 Å².